The number of nitrogens with zero attached hydrogens (tertiary/aromatic N) is 1. The Balaban J connectivity index is 2.25. The van der Waals surface area contributed by atoms with Gasteiger partial charge < -0.3 is 14.8 Å². The molecule has 1 aliphatic rings. The zero-order chi connectivity index (χ0) is 17.2. The third kappa shape index (κ3) is 5.71. The van der Waals surface area contributed by atoms with E-state index in [1.807, 2.05) is 19.1 Å². The molecule has 1 aromatic carbocycles. The first-order valence-corrected chi connectivity index (χ1v) is 9.11. The first-order chi connectivity index (χ1) is 11.7. The Hall–Kier alpha value is -1.75. The van der Waals surface area contributed by atoms with Crippen LogP contribution in [0.3, 0.4) is 0 Å². The monoisotopic (exact) mass is 334 g/mol. The molecule has 5 heteroatoms. The molecule has 0 saturated heterocycles. The molecule has 1 N–H and O–H groups in total. The summed E-state index contributed by atoms with van der Waals surface area (Å²) >= 11 is 0. The lowest BCUT2D eigenvalue weighted by Crippen LogP contribution is -2.37. The standard InChI is InChI=1S/C19H30N2O3/c1-3-12-21-14-16-9-8-10-17(23-4-2)19(16)24-13-7-5-6-11-20-18(22)15-21/h8-10H,3-7,11-15H2,1-2H3,(H,20,22). The van der Waals surface area contributed by atoms with Gasteiger partial charge in [-0.25, -0.2) is 0 Å². The van der Waals surface area contributed by atoms with Crippen molar-refractivity contribution < 1.29 is 14.3 Å². The highest BCUT2D eigenvalue weighted by Gasteiger charge is 2.17. The van der Waals surface area contributed by atoms with Crippen molar-refractivity contribution in [3.05, 3.63) is 23.8 Å². The Morgan fingerprint density at radius 2 is 2.08 bits per heavy atom. The fourth-order valence-electron chi connectivity index (χ4n) is 2.95. The Morgan fingerprint density at radius 1 is 1.21 bits per heavy atom. The summed E-state index contributed by atoms with van der Waals surface area (Å²) in [5.74, 6) is 1.73. The molecule has 2 rings (SSSR count). The van der Waals surface area contributed by atoms with Crippen LogP contribution in [0.1, 0.15) is 45.1 Å². The van der Waals surface area contributed by atoms with Gasteiger partial charge in [0.05, 0.1) is 19.8 Å². The van der Waals surface area contributed by atoms with Crippen molar-refractivity contribution in [2.24, 2.45) is 0 Å². The number of nitrogens with one attached hydrogen (secondary N) is 1. The van der Waals surface area contributed by atoms with Crippen molar-refractivity contribution in [1.82, 2.24) is 10.2 Å². The number of ether oxygens (including phenoxy) is 2. The van der Waals surface area contributed by atoms with E-state index in [0.29, 0.717) is 26.3 Å². The molecule has 0 unspecified atom stereocenters. The Bertz CT molecular complexity index is 519. The van der Waals surface area contributed by atoms with Crippen LogP contribution < -0.4 is 14.8 Å². The van der Waals surface area contributed by atoms with E-state index in [1.165, 1.54) is 0 Å². The molecule has 24 heavy (non-hydrogen) atoms. The molecule has 0 bridgehead atoms. The smallest absolute Gasteiger partial charge is 0.234 e. The molecule has 0 spiro atoms. The van der Waals surface area contributed by atoms with Gasteiger partial charge in [-0.15, -0.1) is 0 Å². The van der Waals surface area contributed by atoms with E-state index in [4.69, 9.17) is 9.47 Å². The third-order valence-corrected chi connectivity index (χ3v) is 4.05. The minimum atomic E-state index is 0.103. The van der Waals surface area contributed by atoms with Crippen molar-refractivity contribution in [1.29, 1.82) is 0 Å². The van der Waals surface area contributed by atoms with E-state index in [-0.39, 0.29) is 5.91 Å². The fraction of sp³-hybridized carbons (Fsp3) is 0.632. The minimum Gasteiger partial charge on any atom is -0.490 e. The SMILES string of the molecule is CCCN1CC(=O)NCCCCCOc2c(cccc2OCC)C1. The van der Waals surface area contributed by atoms with Crippen molar-refractivity contribution in [2.75, 3.05) is 32.8 Å². The molecule has 1 aromatic rings. The van der Waals surface area contributed by atoms with Gasteiger partial charge in [-0.2, -0.15) is 0 Å². The molecule has 0 aromatic heterocycles. The lowest BCUT2D eigenvalue weighted by atomic mass is 10.1. The first-order valence-electron chi connectivity index (χ1n) is 9.11. The zero-order valence-corrected chi connectivity index (χ0v) is 15.0. The maximum atomic E-state index is 12.1. The van der Waals surface area contributed by atoms with E-state index >= 15 is 0 Å². The summed E-state index contributed by atoms with van der Waals surface area (Å²) < 4.78 is 11.8. The van der Waals surface area contributed by atoms with Crippen molar-refractivity contribution in [3.63, 3.8) is 0 Å². The normalized spacial score (nSPS) is 17.5. The van der Waals surface area contributed by atoms with E-state index in [9.17, 15) is 4.79 Å². The number of para-hydroxylation sites is 1. The highest BCUT2D eigenvalue weighted by molar-refractivity contribution is 5.78. The lowest BCUT2D eigenvalue weighted by molar-refractivity contribution is -0.122. The summed E-state index contributed by atoms with van der Waals surface area (Å²) in [6.07, 6.45) is 4.02. The van der Waals surface area contributed by atoms with E-state index in [2.05, 4.69) is 23.2 Å². The van der Waals surface area contributed by atoms with Crippen molar-refractivity contribution in [3.8, 4) is 11.5 Å². The second-order valence-corrected chi connectivity index (χ2v) is 6.15. The predicted octanol–water partition coefficient (Wildman–Crippen LogP) is 2.98. The van der Waals surface area contributed by atoms with Gasteiger partial charge in [0.2, 0.25) is 5.91 Å². The summed E-state index contributed by atoms with van der Waals surface area (Å²) in [5, 5.41) is 3.02. The predicted molar refractivity (Wildman–Crippen MR) is 95.5 cm³/mol. The number of amides is 1. The molecule has 1 amide bonds. The number of carbonyl (C=O) groups is 1. The van der Waals surface area contributed by atoms with Gasteiger partial charge in [-0.1, -0.05) is 19.1 Å². The van der Waals surface area contributed by atoms with Gasteiger partial charge in [0.1, 0.15) is 0 Å². The molecule has 0 saturated carbocycles. The van der Waals surface area contributed by atoms with Crippen LogP contribution in [0.4, 0.5) is 0 Å². The molecular formula is C19H30N2O3. The largest absolute Gasteiger partial charge is 0.490 e. The van der Waals surface area contributed by atoms with Gasteiger partial charge in [0, 0.05) is 18.7 Å². The molecule has 1 aliphatic heterocycles. The highest BCUT2D eigenvalue weighted by atomic mass is 16.5. The van der Waals surface area contributed by atoms with Gasteiger partial charge >= 0.3 is 0 Å². The molecule has 134 valence electrons. The summed E-state index contributed by atoms with van der Waals surface area (Å²) in [6, 6.07) is 6.02. The average molecular weight is 334 g/mol. The topological polar surface area (TPSA) is 50.8 Å². The molecular weight excluding hydrogens is 304 g/mol. The van der Waals surface area contributed by atoms with Crippen LogP contribution in [0, 0.1) is 0 Å². The second-order valence-electron chi connectivity index (χ2n) is 6.15. The van der Waals surface area contributed by atoms with Gasteiger partial charge in [-0.05, 0) is 45.2 Å². The quantitative estimate of drug-likeness (QED) is 0.920. The molecule has 0 fully saturated rings. The van der Waals surface area contributed by atoms with Crippen LogP contribution >= 0.6 is 0 Å². The Kier molecular flexibility index (Phi) is 7.89. The van der Waals surface area contributed by atoms with Crippen molar-refractivity contribution >= 4 is 5.91 Å². The number of rotatable bonds is 4. The molecule has 5 nitrogen and oxygen atoms in total. The van der Waals surface area contributed by atoms with Crippen LogP contribution in [0.25, 0.3) is 0 Å². The van der Waals surface area contributed by atoms with Crippen LogP contribution in [0.2, 0.25) is 0 Å². The third-order valence-electron chi connectivity index (χ3n) is 4.05. The number of benzene rings is 1. The highest BCUT2D eigenvalue weighted by Crippen LogP contribution is 2.32. The average Bonchev–Trinajstić information content (AvgIpc) is 2.57. The molecule has 0 atom stereocenters. The maximum absolute atomic E-state index is 12.1. The van der Waals surface area contributed by atoms with Gasteiger partial charge in [0.15, 0.2) is 11.5 Å². The maximum Gasteiger partial charge on any atom is 0.234 e. The van der Waals surface area contributed by atoms with Crippen LogP contribution in [-0.2, 0) is 11.3 Å². The van der Waals surface area contributed by atoms with Crippen molar-refractivity contribution in [2.45, 2.75) is 46.1 Å². The fourth-order valence-corrected chi connectivity index (χ4v) is 2.95. The van der Waals surface area contributed by atoms with Crippen LogP contribution in [-0.4, -0.2) is 43.7 Å². The number of hydrogen-bond donors (Lipinski definition) is 1. The minimum absolute atomic E-state index is 0.103. The number of hydrogen-bond acceptors (Lipinski definition) is 4. The number of fused-ring (bicyclic) bond motifs is 1. The number of carbonyl (C=O) groups excluding carboxylic acids is 1. The summed E-state index contributed by atoms with van der Waals surface area (Å²) in [4.78, 5) is 14.3. The van der Waals surface area contributed by atoms with E-state index < -0.39 is 0 Å². The first kappa shape index (κ1) is 18.6. The van der Waals surface area contributed by atoms with E-state index in [0.717, 1.165) is 55.8 Å². The second kappa shape index (κ2) is 10.2. The van der Waals surface area contributed by atoms with Gasteiger partial charge in [0.25, 0.3) is 0 Å². The van der Waals surface area contributed by atoms with Crippen LogP contribution in [0.5, 0.6) is 11.5 Å². The summed E-state index contributed by atoms with van der Waals surface area (Å²) in [7, 11) is 0. The zero-order valence-electron chi connectivity index (χ0n) is 15.0. The van der Waals surface area contributed by atoms with Gasteiger partial charge in [-0.3, -0.25) is 9.69 Å². The molecule has 0 radical (unpaired) electrons. The Labute approximate surface area is 145 Å². The Morgan fingerprint density at radius 3 is 2.88 bits per heavy atom. The van der Waals surface area contributed by atoms with E-state index in [1.54, 1.807) is 0 Å². The molecule has 1 heterocycles. The lowest BCUT2D eigenvalue weighted by Gasteiger charge is -2.23. The van der Waals surface area contributed by atoms with Crippen LogP contribution in [0.15, 0.2) is 18.2 Å². The summed E-state index contributed by atoms with van der Waals surface area (Å²) in [5.41, 5.74) is 1.08. The molecule has 0 aliphatic carbocycles. The summed E-state index contributed by atoms with van der Waals surface area (Å²) in [6.45, 7) is 8.14.